The van der Waals surface area contributed by atoms with E-state index in [4.69, 9.17) is 0 Å². The summed E-state index contributed by atoms with van der Waals surface area (Å²) in [5, 5.41) is 3.80. The van der Waals surface area contributed by atoms with Crippen LogP contribution in [0.3, 0.4) is 0 Å². The molecule has 11 heteroatoms. The van der Waals surface area contributed by atoms with Gasteiger partial charge < -0.3 is 10.2 Å². The van der Waals surface area contributed by atoms with Gasteiger partial charge in [-0.25, -0.2) is 9.13 Å². The molecule has 3 aliphatic heterocycles. The quantitative estimate of drug-likeness (QED) is 0.268. The summed E-state index contributed by atoms with van der Waals surface area (Å²) in [6, 6.07) is 0.756. The van der Waals surface area contributed by atoms with E-state index in [-0.39, 0.29) is 0 Å². The number of hydrogen-bond donors (Lipinski definition) is 1. The number of fused-ring (bicyclic) bond motifs is 3. The van der Waals surface area contributed by atoms with E-state index in [0.29, 0.717) is 0 Å². The van der Waals surface area contributed by atoms with Crippen LogP contribution in [0, 0.1) is 5.92 Å². The maximum absolute atomic E-state index is 10.7. The predicted octanol–water partition coefficient (Wildman–Crippen LogP) is 5.03. The Kier molecular flexibility index (Phi) is 7.09. The van der Waals surface area contributed by atoms with Gasteiger partial charge in [0.05, 0.1) is 13.1 Å². The van der Waals surface area contributed by atoms with E-state index in [2.05, 4.69) is 45.0 Å². The fourth-order valence-electron chi connectivity index (χ4n) is 3.79. The third kappa shape index (κ3) is 10.6. The van der Waals surface area contributed by atoms with Crippen molar-refractivity contribution in [2.24, 2.45) is 5.92 Å². The Balaban J connectivity index is 0.000000345. The second-order valence-electron chi connectivity index (χ2n) is 7.75. The van der Waals surface area contributed by atoms with E-state index in [1.165, 1.54) is 51.7 Å². The van der Waals surface area contributed by atoms with Crippen LogP contribution >= 0.6 is 7.81 Å². The summed E-state index contributed by atoms with van der Waals surface area (Å²) >= 11 is 0. The van der Waals surface area contributed by atoms with Crippen molar-refractivity contribution < 1.29 is 29.7 Å². The number of unbranched alkanes of at least 4 members (excludes halogenated alkanes) is 1. The van der Waals surface area contributed by atoms with Crippen molar-refractivity contribution in [1.29, 1.82) is 0 Å². The van der Waals surface area contributed by atoms with Gasteiger partial charge in [0.15, 0.2) is 0 Å². The molecule has 1 aromatic rings. The number of nitrogens with one attached hydrogen (secondary N) is 1. The maximum atomic E-state index is 9.87. The molecule has 1 atom stereocenters. The van der Waals surface area contributed by atoms with Crippen LogP contribution in [0.25, 0.3) is 0 Å². The summed E-state index contributed by atoms with van der Waals surface area (Å²) in [5.41, 5.74) is 0. The number of halogens is 6. The van der Waals surface area contributed by atoms with Crippen LogP contribution in [0.2, 0.25) is 0 Å². The van der Waals surface area contributed by atoms with Crippen molar-refractivity contribution in [1.82, 2.24) is 14.8 Å². The Morgan fingerprint density at radius 1 is 1.07 bits per heavy atom. The van der Waals surface area contributed by atoms with Crippen molar-refractivity contribution in [3.63, 3.8) is 0 Å². The van der Waals surface area contributed by atoms with Crippen molar-refractivity contribution in [2.45, 2.75) is 58.2 Å². The topological polar surface area (TPSA) is 24.1 Å². The molecule has 166 valence electrons. The summed E-state index contributed by atoms with van der Waals surface area (Å²) in [6.45, 7) is 9.65. The molecule has 1 N–H and O–H groups in total. The molecule has 0 aliphatic carbocycles. The number of hydrogen-bond acceptors (Lipinski definition) is 2. The summed E-state index contributed by atoms with van der Waals surface area (Å²) in [5.74, 6) is 0.942. The van der Waals surface area contributed by atoms with Gasteiger partial charge >= 0.3 is 33.0 Å². The number of piperidine rings is 3. The summed E-state index contributed by atoms with van der Waals surface area (Å²) in [7, 11) is -10.7. The molecule has 3 saturated heterocycles. The van der Waals surface area contributed by atoms with Crippen molar-refractivity contribution in [2.75, 3.05) is 26.2 Å². The average molecular weight is 436 g/mol. The molecule has 0 radical (unpaired) electrons. The van der Waals surface area contributed by atoms with Gasteiger partial charge in [-0.1, -0.05) is 13.3 Å². The van der Waals surface area contributed by atoms with Crippen molar-refractivity contribution in [3.05, 3.63) is 18.7 Å². The Hall–Kier alpha value is -0.860. The van der Waals surface area contributed by atoms with Crippen LogP contribution in [-0.4, -0.2) is 41.7 Å². The molecular weight excluding hydrogens is 405 g/mol. The first-order valence-electron chi connectivity index (χ1n) is 9.87. The predicted molar refractivity (Wildman–Crippen MR) is 98.7 cm³/mol. The molecule has 3 fully saturated rings. The number of aromatic nitrogens is 2. The van der Waals surface area contributed by atoms with Crippen LogP contribution in [0.1, 0.15) is 39.0 Å². The SMILES string of the molecule is CCCCn1cc[n+](CCCN[C@@H]2CN3CCC2CC3)c1.F[P-](F)(F)(F)(F)F. The standard InChI is InChI=1S/C17H31N4.F6P/c1-2-3-8-20-12-13-21(15-20)9-4-7-18-17-14-19-10-5-16(17)6-11-19;1-7(2,3,4,5)6/h12-13,15-18H,2-11,14H2,1H3;/q+1;-1/t17-;/m1./s1. The first kappa shape index (κ1) is 23.4. The van der Waals surface area contributed by atoms with Gasteiger partial charge in [-0.05, 0) is 51.2 Å². The summed E-state index contributed by atoms with van der Waals surface area (Å²) in [6.07, 6.45) is 13.3. The van der Waals surface area contributed by atoms with Gasteiger partial charge in [0.2, 0.25) is 6.33 Å². The van der Waals surface area contributed by atoms with Gasteiger partial charge in [-0.2, -0.15) is 0 Å². The number of imidazole rings is 1. The van der Waals surface area contributed by atoms with Crippen LogP contribution < -0.4 is 9.88 Å². The molecule has 0 amide bonds. The average Bonchev–Trinajstić information content (AvgIpc) is 3.03. The van der Waals surface area contributed by atoms with Gasteiger partial charge in [0.1, 0.15) is 12.4 Å². The van der Waals surface area contributed by atoms with E-state index in [1.807, 2.05) is 0 Å². The molecule has 28 heavy (non-hydrogen) atoms. The van der Waals surface area contributed by atoms with Gasteiger partial charge in [-0.15, -0.1) is 0 Å². The van der Waals surface area contributed by atoms with E-state index < -0.39 is 7.81 Å². The zero-order chi connectivity index (χ0) is 20.9. The first-order valence-corrected chi connectivity index (χ1v) is 11.9. The number of nitrogens with zero attached hydrogens (tertiary/aromatic N) is 3. The third-order valence-corrected chi connectivity index (χ3v) is 5.17. The van der Waals surface area contributed by atoms with Crippen LogP contribution in [0.5, 0.6) is 0 Å². The fraction of sp³-hybridized carbons (Fsp3) is 0.824. The number of rotatable bonds is 8. The first-order chi connectivity index (χ1) is 12.8. The molecular formula is C17H31F6N4P. The molecule has 0 unspecified atom stereocenters. The Morgan fingerprint density at radius 2 is 1.71 bits per heavy atom. The molecule has 3 aliphatic rings. The molecule has 0 aromatic carbocycles. The second-order valence-corrected chi connectivity index (χ2v) is 9.67. The Morgan fingerprint density at radius 3 is 2.25 bits per heavy atom. The van der Waals surface area contributed by atoms with E-state index in [1.54, 1.807) is 0 Å². The zero-order valence-corrected chi connectivity index (χ0v) is 17.1. The normalized spacial score (nSPS) is 26.9. The Labute approximate surface area is 162 Å². The minimum atomic E-state index is -10.7. The van der Waals surface area contributed by atoms with Gasteiger partial charge in [0.25, 0.3) is 0 Å². The molecule has 0 saturated carbocycles. The fourth-order valence-corrected chi connectivity index (χ4v) is 3.79. The van der Waals surface area contributed by atoms with Crippen LogP contribution in [0.15, 0.2) is 18.7 Å². The molecule has 4 nitrogen and oxygen atoms in total. The van der Waals surface area contributed by atoms with Crippen molar-refractivity contribution in [3.8, 4) is 0 Å². The molecule has 4 rings (SSSR count). The van der Waals surface area contributed by atoms with E-state index in [0.717, 1.165) is 31.6 Å². The molecule has 0 spiro atoms. The van der Waals surface area contributed by atoms with Crippen LogP contribution in [-0.2, 0) is 13.1 Å². The minimum absolute atomic E-state index is 0.756. The van der Waals surface area contributed by atoms with E-state index >= 15 is 0 Å². The van der Waals surface area contributed by atoms with E-state index in [9.17, 15) is 25.2 Å². The van der Waals surface area contributed by atoms with Gasteiger partial charge in [-0.3, -0.25) is 0 Å². The second kappa shape index (κ2) is 8.48. The Bertz CT molecular complexity index is 599. The number of aryl methyl sites for hydroxylation is 2. The summed E-state index contributed by atoms with van der Waals surface area (Å²) in [4.78, 5) is 2.63. The molecule has 1 aromatic heterocycles. The zero-order valence-electron chi connectivity index (χ0n) is 16.2. The monoisotopic (exact) mass is 436 g/mol. The van der Waals surface area contributed by atoms with Gasteiger partial charge in [0, 0.05) is 12.6 Å². The molecule has 4 heterocycles. The van der Waals surface area contributed by atoms with Crippen LogP contribution in [0.4, 0.5) is 25.2 Å². The third-order valence-electron chi connectivity index (χ3n) is 5.17. The summed E-state index contributed by atoms with van der Waals surface area (Å²) < 4.78 is 63.8. The molecule has 2 bridgehead atoms. The van der Waals surface area contributed by atoms with Crippen molar-refractivity contribution >= 4 is 7.81 Å².